The lowest BCUT2D eigenvalue weighted by Gasteiger charge is -2.17. The Hall–Kier alpha value is -1.16. The van der Waals surface area contributed by atoms with Gasteiger partial charge in [0, 0.05) is 19.0 Å². The molecule has 0 bridgehead atoms. The van der Waals surface area contributed by atoms with Gasteiger partial charge < -0.3 is 9.64 Å². The molecule has 4 nitrogen and oxygen atoms in total. The van der Waals surface area contributed by atoms with Crippen LogP contribution in [0, 0.1) is 0 Å². The smallest absolute Gasteiger partial charge is 0.341 e. The van der Waals surface area contributed by atoms with Crippen molar-refractivity contribution in [1.82, 2.24) is 4.90 Å². The zero-order chi connectivity index (χ0) is 11.8. The van der Waals surface area contributed by atoms with E-state index >= 15 is 0 Å². The van der Waals surface area contributed by atoms with Crippen LogP contribution in [0.5, 0.6) is 0 Å². The van der Waals surface area contributed by atoms with Crippen molar-refractivity contribution >= 4 is 11.9 Å². The lowest BCUT2D eigenvalue weighted by molar-refractivity contribution is -0.155. The first kappa shape index (κ1) is 13.8. The predicted molar refractivity (Wildman–Crippen MR) is 58.3 cm³/mol. The number of carbonyl (C=O) groups excluding carboxylic acids is 2. The largest absolute Gasteiger partial charge is 0.390 e. The normalized spacial score (nSPS) is 10.1. The van der Waals surface area contributed by atoms with E-state index in [2.05, 4.69) is 30.1 Å². The molecule has 0 aromatic heterocycles. The second kappa shape index (κ2) is 7.17. The zero-order valence-electron chi connectivity index (χ0n) is 9.71. The van der Waals surface area contributed by atoms with Gasteiger partial charge in [-0.05, 0) is 19.5 Å². The van der Waals surface area contributed by atoms with Gasteiger partial charge in [0.05, 0.1) is 0 Å². The van der Waals surface area contributed by atoms with Crippen molar-refractivity contribution in [2.75, 3.05) is 19.6 Å². The molecule has 86 valence electrons. The summed E-state index contributed by atoms with van der Waals surface area (Å²) in [6, 6.07) is 0. The topological polar surface area (TPSA) is 46.6 Å². The summed E-state index contributed by atoms with van der Waals surface area (Å²) in [5, 5.41) is 0. The van der Waals surface area contributed by atoms with Gasteiger partial charge in [0.1, 0.15) is 0 Å². The predicted octanol–water partition coefficient (Wildman–Crippen LogP) is 1.36. The standard InChI is InChI=1S/C11H19NO3/c1-5-12(6-2)8-7-9(3)11(14)15-10(4)13/h3,5-8H2,1-2,4H3. The molecular weight excluding hydrogens is 194 g/mol. The average Bonchev–Trinajstić information content (AvgIpc) is 2.18. The van der Waals surface area contributed by atoms with E-state index in [9.17, 15) is 9.59 Å². The summed E-state index contributed by atoms with van der Waals surface area (Å²) >= 11 is 0. The third-order valence-electron chi connectivity index (χ3n) is 2.15. The fourth-order valence-corrected chi connectivity index (χ4v) is 1.14. The molecule has 0 saturated carbocycles. The molecule has 4 heteroatoms. The van der Waals surface area contributed by atoms with Crippen molar-refractivity contribution in [1.29, 1.82) is 0 Å². The maximum absolute atomic E-state index is 11.2. The second-order valence-electron chi connectivity index (χ2n) is 3.26. The van der Waals surface area contributed by atoms with Crippen LogP contribution in [0.3, 0.4) is 0 Å². The molecule has 0 aromatic carbocycles. The van der Waals surface area contributed by atoms with Crippen molar-refractivity contribution in [3.8, 4) is 0 Å². The summed E-state index contributed by atoms with van der Waals surface area (Å²) in [6.45, 7) is 11.5. The Morgan fingerprint density at radius 2 is 1.80 bits per heavy atom. The molecule has 0 spiro atoms. The Morgan fingerprint density at radius 3 is 2.20 bits per heavy atom. The first-order valence-electron chi connectivity index (χ1n) is 5.14. The van der Waals surface area contributed by atoms with Crippen LogP contribution in [0.1, 0.15) is 27.2 Å². The Morgan fingerprint density at radius 1 is 1.27 bits per heavy atom. The van der Waals surface area contributed by atoms with Crippen LogP contribution in [0.2, 0.25) is 0 Å². The van der Waals surface area contributed by atoms with E-state index in [1.54, 1.807) is 0 Å². The molecule has 0 aliphatic heterocycles. The monoisotopic (exact) mass is 213 g/mol. The molecule has 0 aliphatic carbocycles. The molecule has 0 radical (unpaired) electrons. The van der Waals surface area contributed by atoms with Crippen molar-refractivity contribution in [2.24, 2.45) is 0 Å². The van der Waals surface area contributed by atoms with Crippen LogP contribution in [0.4, 0.5) is 0 Å². The number of ether oxygens (including phenoxy) is 1. The van der Waals surface area contributed by atoms with Gasteiger partial charge in [0.25, 0.3) is 0 Å². The first-order chi connectivity index (χ1) is 7.01. The molecule has 0 aromatic rings. The SMILES string of the molecule is C=C(CCN(CC)CC)C(=O)OC(C)=O. The summed E-state index contributed by atoms with van der Waals surface area (Å²) in [4.78, 5) is 23.9. The lowest BCUT2D eigenvalue weighted by atomic mass is 10.2. The molecule has 0 fully saturated rings. The Balaban J connectivity index is 3.92. The molecule has 0 heterocycles. The van der Waals surface area contributed by atoms with Crippen LogP contribution >= 0.6 is 0 Å². The summed E-state index contributed by atoms with van der Waals surface area (Å²) < 4.78 is 4.42. The molecule has 0 unspecified atom stereocenters. The van der Waals surface area contributed by atoms with Crippen molar-refractivity contribution in [3.63, 3.8) is 0 Å². The summed E-state index contributed by atoms with van der Waals surface area (Å²) in [6.07, 6.45) is 0.536. The van der Waals surface area contributed by atoms with Crippen LogP contribution in [-0.4, -0.2) is 36.5 Å². The van der Waals surface area contributed by atoms with Crippen molar-refractivity contribution < 1.29 is 14.3 Å². The number of esters is 2. The van der Waals surface area contributed by atoms with Gasteiger partial charge in [-0.2, -0.15) is 0 Å². The van der Waals surface area contributed by atoms with Crippen LogP contribution in [-0.2, 0) is 14.3 Å². The van der Waals surface area contributed by atoms with Gasteiger partial charge in [-0.15, -0.1) is 0 Å². The molecular formula is C11H19NO3. The highest BCUT2D eigenvalue weighted by atomic mass is 16.6. The van der Waals surface area contributed by atoms with Crippen LogP contribution in [0.25, 0.3) is 0 Å². The number of hydrogen-bond donors (Lipinski definition) is 0. The minimum Gasteiger partial charge on any atom is -0.390 e. The fourth-order valence-electron chi connectivity index (χ4n) is 1.14. The van der Waals surface area contributed by atoms with Gasteiger partial charge in [-0.25, -0.2) is 4.79 Å². The van der Waals surface area contributed by atoms with E-state index in [0.717, 1.165) is 19.6 Å². The maximum Gasteiger partial charge on any atom is 0.341 e. The first-order valence-corrected chi connectivity index (χ1v) is 5.14. The van der Waals surface area contributed by atoms with Gasteiger partial charge in [0.15, 0.2) is 0 Å². The second-order valence-corrected chi connectivity index (χ2v) is 3.26. The Kier molecular flexibility index (Phi) is 6.62. The zero-order valence-corrected chi connectivity index (χ0v) is 9.71. The Bertz CT molecular complexity index is 244. The molecule has 0 aliphatic rings. The van der Waals surface area contributed by atoms with Crippen molar-refractivity contribution in [2.45, 2.75) is 27.2 Å². The third-order valence-corrected chi connectivity index (χ3v) is 2.15. The number of rotatable bonds is 6. The van der Waals surface area contributed by atoms with E-state index in [1.165, 1.54) is 6.92 Å². The molecule has 0 amide bonds. The number of carbonyl (C=O) groups is 2. The fraction of sp³-hybridized carbons (Fsp3) is 0.636. The highest BCUT2D eigenvalue weighted by Crippen LogP contribution is 2.03. The third kappa shape index (κ3) is 6.01. The van der Waals surface area contributed by atoms with Gasteiger partial charge in [-0.1, -0.05) is 20.4 Å². The summed E-state index contributed by atoms with van der Waals surface area (Å²) in [7, 11) is 0. The van der Waals surface area contributed by atoms with Gasteiger partial charge >= 0.3 is 11.9 Å². The molecule has 15 heavy (non-hydrogen) atoms. The maximum atomic E-state index is 11.2. The summed E-state index contributed by atoms with van der Waals surface area (Å²) in [5.74, 6) is -1.21. The highest BCUT2D eigenvalue weighted by Gasteiger charge is 2.11. The molecule has 0 rings (SSSR count). The van der Waals surface area contributed by atoms with Crippen molar-refractivity contribution in [3.05, 3.63) is 12.2 Å². The average molecular weight is 213 g/mol. The van der Waals surface area contributed by atoms with Gasteiger partial charge in [-0.3, -0.25) is 4.79 Å². The number of hydrogen-bond acceptors (Lipinski definition) is 4. The van der Waals surface area contributed by atoms with Gasteiger partial charge in [0.2, 0.25) is 0 Å². The minimum absolute atomic E-state index is 0.345. The van der Waals surface area contributed by atoms with E-state index in [4.69, 9.17) is 0 Å². The summed E-state index contributed by atoms with van der Waals surface area (Å²) in [5.41, 5.74) is 0.345. The Labute approximate surface area is 90.9 Å². The molecule has 0 N–H and O–H groups in total. The van der Waals surface area contributed by atoms with Crippen LogP contribution in [0.15, 0.2) is 12.2 Å². The quantitative estimate of drug-likeness (QED) is 0.380. The van der Waals surface area contributed by atoms with E-state index in [0.29, 0.717) is 12.0 Å². The van der Waals surface area contributed by atoms with E-state index < -0.39 is 11.9 Å². The van der Waals surface area contributed by atoms with Crippen LogP contribution < -0.4 is 0 Å². The minimum atomic E-state index is -0.616. The lowest BCUT2D eigenvalue weighted by Crippen LogP contribution is -2.25. The van der Waals surface area contributed by atoms with E-state index in [-0.39, 0.29) is 0 Å². The molecule has 0 saturated heterocycles. The highest BCUT2D eigenvalue weighted by molar-refractivity contribution is 5.95. The number of nitrogens with zero attached hydrogens (tertiary/aromatic N) is 1. The van der Waals surface area contributed by atoms with E-state index in [1.807, 2.05) is 0 Å². The molecule has 0 atom stereocenters.